The number of nitrogens with two attached hydrogens (primary N) is 1. The van der Waals surface area contributed by atoms with Crippen molar-refractivity contribution in [2.45, 2.75) is 17.5 Å². The fraction of sp³-hybridized carbons (Fsp3) is 0.143. The van der Waals surface area contributed by atoms with Crippen LogP contribution in [0, 0.1) is 11.6 Å². The van der Waals surface area contributed by atoms with Gasteiger partial charge in [-0.25, -0.2) is 22.2 Å². The average molecular weight is 466 g/mol. The zero-order valence-electron chi connectivity index (χ0n) is 16.2. The molecule has 1 atom stereocenters. The Labute approximate surface area is 183 Å². The van der Waals surface area contributed by atoms with Crippen molar-refractivity contribution in [2.75, 3.05) is 6.26 Å². The number of nitrogens with zero attached hydrogens (tertiary/aromatic N) is 2. The molecule has 0 fully saturated rings. The predicted octanol–water partition coefficient (Wildman–Crippen LogP) is 4.24. The van der Waals surface area contributed by atoms with Crippen molar-refractivity contribution in [3.8, 4) is 11.3 Å². The Morgan fingerprint density at radius 2 is 1.84 bits per heavy atom. The highest BCUT2D eigenvalue weighted by atomic mass is 35.5. The van der Waals surface area contributed by atoms with E-state index in [1.807, 2.05) is 0 Å². The molecule has 0 amide bonds. The van der Waals surface area contributed by atoms with Crippen molar-refractivity contribution in [1.82, 2.24) is 10.1 Å². The van der Waals surface area contributed by atoms with Crippen LogP contribution in [0.5, 0.6) is 0 Å². The van der Waals surface area contributed by atoms with Gasteiger partial charge in [0.2, 0.25) is 0 Å². The quantitative estimate of drug-likeness (QED) is 0.473. The van der Waals surface area contributed by atoms with Crippen molar-refractivity contribution < 1.29 is 21.7 Å². The van der Waals surface area contributed by atoms with E-state index in [1.165, 1.54) is 18.2 Å². The molecule has 0 radical (unpaired) electrons. The SMILES string of the molecule is CS(=O)(=O)c1ccc(F)c(C[C@H](N)c2ccccc2-c2noc3ccc(F)cc23)n1.Cl. The van der Waals surface area contributed by atoms with Crippen molar-refractivity contribution in [3.63, 3.8) is 0 Å². The Morgan fingerprint density at radius 3 is 2.58 bits per heavy atom. The lowest BCUT2D eigenvalue weighted by Gasteiger charge is -2.16. The van der Waals surface area contributed by atoms with E-state index in [-0.39, 0.29) is 29.5 Å². The average Bonchev–Trinajstić information content (AvgIpc) is 3.11. The van der Waals surface area contributed by atoms with Gasteiger partial charge in [-0.05, 0) is 35.9 Å². The van der Waals surface area contributed by atoms with Crippen LogP contribution in [0.3, 0.4) is 0 Å². The maximum atomic E-state index is 14.3. The van der Waals surface area contributed by atoms with Gasteiger partial charge >= 0.3 is 0 Å². The van der Waals surface area contributed by atoms with E-state index in [0.717, 1.165) is 18.4 Å². The lowest BCUT2D eigenvalue weighted by atomic mass is 9.94. The van der Waals surface area contributed by atoms with Crippen LogP contribution in [0.25, 0.3) is 22.2 Å². The van der Waals surface area contributed by atoms with Gasteiger partial charge in [0, 0.05) is 24.3 Å². The van der Waals surface area contributed by atoms with Crippen LogP contribution >= 0.6 is 12.4 Å². The Kier molecular flexibility index (Phi) is 6.40. The summed E-state index contributed by atoms with van der Waals surface area (Å²) in [5.74, 6) is -1.08. The van der Waals surface area contributed by atoms with Gasteiger partial charge in [-0.15, -0.1) is 12.4 Å². The molecule has 0 unspecified atom stereocenters. The second-order valence-electron chi connectivity index (χ2n) is 6.92. The summed E-state index contributed by atoms with van der Waals surface area (Å²) in [7, 11) is -3.59. The minimum absolute atomic E-state index is 0. The number of halogens is 3. The molecule has 2 N–H and O–H groups in total. The van der Waals surface area contributed by atoms with E-state index in [2.05, 4.69) is 10.1 Å². The second-order valence-corrected chi connectivity index (χ2v) is 8.88. The van der Waals surface area contributed by atoms with Crippen LogP contribution in [0.15, 0.2) is 64.1 Å². The van der Waals surface area contributed by atoms with Crippen LogP contribution in [0.1, 0.15) is 17.3 Å². The maximum absolute atomic E-state index is 14.3. The van der Waals surface area contributed by atoms with Gasteiger partial charge in [0.25, 0.3) is 0 Å². The number of sulfone groups is 1. The standard InChI is InChI=1S/C21H17F2N3O3S.ClH/c1-30(27,28)20-9-7-16(23)18(25-20)11-17(24)13-4-2-3-5-14(13)21-15-10-12(22)6-8-19(15)29-26-21;/h2-10,17H,11,24H2,1H3;1H/t17-;/m0./s1. The highest BCUT2D eigenvalue weighted by Gasteiger charge is 2.21. The third kappa shape index (κ3) is 4.58. The minimum atomic E-state index is -3.59. The fourth-order valence-electron chi connectivity index (χ4n) is 3.27. The monoisotopic (exact) mass is 465 g/mol. The van der Waals surface area contributed by atoms with Crippen LogP contribution in [-0.2, 0) is 16.3 Å². The molecule has 2 aromatic heterocycles. The number of aromatic nitrogens is 2. The number of pyridine rings is 1. The van der Waals surface area contributed by atoms with Gasteiger partial charge in [-0.1, -0.05) is 29.4 Å². The Bertz CT molecular complexity index is 1360. The molecule has 0 spiro atoms. The third-order valence-corrected chi connectivity index (χ3v) is 5.72. The summed E-state index contributed by atoms with van der Waals surface area (Å²) in [5.41, 5.74) is 8.34. The molecule has 0 aliphatic heterocycles. The summed E-state index contributed by atoms with van der Waals surface area (Å²) in [6.07, 6.45) is 0.956. The molecule has 0 aliphatic carbocycles. The molecule has 2 aromatic carbocycles. The molecule has 0 aliphatic rings. The zero-order chi connectivity index (χ0) is 21.5. The molecular weight excluding hydrogens is 448 g/mol. The van der Waals surface area contributed by atoms with Crippen molar-refractivity contribution >= 4 is 33.2 Å². The van der Waals surface area contributed by atoms with Crippen LogP contribution in [0.4, 0.5) is 8.78 Å². The Hall–Kier alpha value is -2.88. The number of fused-ring (bicyclic) bond motifs is 1. The smallest absolute Gasteiger partial charge is 0.192 e. The lowest BCUT2D eigenvalue weighted by Crippen LogP contribution is -2.17. The highest BCUT2D eigenvalue weighted by Crippen LogP contribution is 2.33. The summed E-state index contributed by atoms with van der Waals surface area (Å²) in [6, 6.07) is 12.6. The first-order chi connectivity index (χ1) is 14.2. The molecule has 4 aromatic rings. The van der Waals surface area contributed by atoms with E-state index in [4.69, 9.17) is 10.3 Å². The lowest BCUT2D eigenvalue weighted by molar-refractivity contribution is 0.459. The Balaban J connectivity index is 0.00000272. The molecule has 0 saturated heterocycles. The molecule has 4 rings (SSSR count). The van der Waals surface area contributed by atoms with Gasteiger partial charge < -0.3 is 10.3 Å². The van der Waals surface area contributed by atoms with E-state index in [1.54, 1.807) is 24.3 Å². The molecule has 162 valence electrons. The number of hydrogen-bond donors (Lipinski definition) is 1. The molecular formula is C21H18ClF2N3O3S. The largest absolute Gasteiger partial charge is 0.356 e. The van der Waals surface area contributed by atoms with E-state index >= 15 is 0 Å². The first-order valence-electron chi connectivity index (χ1n) is 8.99. The molecule has 10 heteroatoms. The minimum Gasteiger partial charge on any atom is -0.356 e. The van der Waals surface area contributed by atoms with Crippen LogP contribution in [0.2, 0.25) is 0 Å². The van der Waals surface area contributed by atoms with Gasteiger partial charge in [0.05, 0.1) is 11.1 Å². The number of hydrogen-bond acceptors (Lipinski definition) is 6. The van der Waals surface area contributed by atoms with Crippen molar-refractivity contribution in [2.24, 2.45) is 5.73 Å². The van der Waals surface area contributed by atoms with E-state index < -0.39 is 27.5 Å². The summed E-state index contributed by atoms with van der Waals surface area (Å²) >= 11 is 0. The highest BCUT2D eigenvalue weighted by molar-refractivity contribution is 7.90. The number of benzene rings is 2. The van der Waals surface area contributed by atoms with E-state index in [9.17, 15) is 17.2 Å². The molecule has 0 saturated carbocycles. The maximum Gasteiger partial charge on any atom is 0.192 e. The van der Waals surface area contributed by atoms with Crippen molar-refractivity contribution in [3.05, 3.63) is 77.5 Å². The molecule has 6 nitrogen and oxygen atoms in total. The second kappa shape index (κ2) is 8.70. The molecule has 31 heavy (non-hydrogen) atoms. The van der Waals surface area contributed by atoms with Crippen LogP contribution in [-0.4, -0.2) is 24.8 Å². The summed E-state index contributed by atoms with van der Waals surface area (Å²) < 4.78 is 56.8. The van der Waals surface area contributed by atoms with Crippen LogP contribution < -0.4 is 5.73 Å². The topological polar surface area (TPSA) is 99.1 Å². The fourth-order valence-corrected chi connectivity index (χ4v) is 3.86. The normalized spacial score (nSPS) is 12.5. The molecule has 0 bridgehead atoms. The van der Waals surface area contributed by atoms with Gasteiger partial charge in [0.15, 0.2) is 20.4 Å². The summed E-state index contributed by atoms with van der Waals surface area (Å²) in [5, 5.41) is 4.31. The first-order valence-corrected chi connectivity index (χ1v) is 10.9. The van der Waals surface area contributed by atoms with Gasteiger partial charge in [-0.3, -0.25) is 0 Å². The summed E-state index contributed by atoms with van der Waals surface area (Å²) in [4.78, 5) is 3.94. The first kappa shape index (κ1) is 22.8. The Morgan fingerprint density at radius 1 is 1.10 bits per heavy atom. The van der Waals surface area contributed by atoms with Crippen molar-refractivity contribution in [1.29, 1.82) is 0 Å². The predicted molar refractivity (Wildman–Crippen MR) is 115 cm³/mol. The molecule has 2 heterocycles. The summed E-state index contributed by atoms with van der Waals surface area (Å²) in [6.45, 7) is 0. The van der Waals surface area contributed by atoms with Gasteiger partial charge in [-0.2, -0.15) is 0 Å². The van der Waals surface area contributed by atoms with E-state index in [0.29, 0.717) is 27.8 Å². The van der Waals surface area contributed by atoms with Gasteiger partial charge in [0.1, 0.15) is 17.3 Å². The number of rotatable bonds is 5. The zero-order valence-corrected chi connectivity index (χ0v) is 17.9. The third-order valence-electron chi connectivity index (χ3n) is 4.73.